The maximum absolute atomic E-state index is 12.9. The summed E-state index contributed by atoms with van der Waals surface area (Å²) in [7, 11) is 0. The van der Waals surface area contributed by atoms with Crippen molar-refractivity contribution in [1.29, 1.82) is 0 Å². The fraction of sp³-hybridized carbons (Fsp3) is 0.357. The monoisotopic (exact) mass is 283 g/mol. The van der Waals surface area contributed by atoms with E-state index >= 15 is 0 Å². The van der Waals surface area contributed by atoms with E-state index in [2.05, 4.69) is 5.10 Å². The van der Waals surface area contributed by atoms with Gasteiger partial charge in [0.1, 0.15) is 0 Å². The smallest absolute Gasteiger partial charge is 0.398 e. The summed E-state index contributed by atoms with van der Waals surface area (Å²) in [6.45, 7) is 5.69. The molecule has 0 fully saturated rings. The predicted molar refractivity (Wildman–Crippen MR) is 71.8 cm³/mol. The van der Waals surface area contributed by atoms with Crippen molar-refractivity contribution in [3.05, 3.63) is 40.7 Å². The van der Waals surface area contributed by atoms with Crippen LogP contribution in [0.4, 0.5) is 18.9 Å². The van der Waals surface area contributed by atoms with Crippen molar-refractivity contribution in [2.24, 2.45) is 0 Å². The van der Waals surface area contributed by atoms with E-state index in [0.717, 1.165) is 29.4 Å². The van der Waals surface area contributed by atoms with Crippen molar-refractivity contribution in [2.45, 2.75) is 33.4 Å². The molecule has 20 heavy (non-hydrogen) atoms. The normalized spacial score (nSPS) is 11.9. The molecule has 1 heterocycles. The number of aromatic nitrogens is 2. The lowest BCUT2D eigenvalue weighted by atomic mass is 10.1. The fourth-order valence-electron chi connectivity index (χ4n) is 2.36. The van der Waals surface area contributed by atoms with Crippen molar-refractivity contribution in [1.82, 2.24) is 9.78 Å². The highest BCUT2D eigenvalue weighted by Crippen LogP contribution is 2.35. The molecule has 0 aliphatic carbocycles. The molecular weight excluding hydrogens is 267 g/mol. The Kier molecular flexibility index (Phi) is 3.50. The van der Waals surface area contributed by atoms with Crippen LogP contribution in [-0.2, 0) is 12.6 Å². The highest BCUT2D eigenvalue weighted by atomic mass is 19.4. The first kappa shape index (κ1) is 14.4. The Labute approximate surface area is 115 Å². The first-order valence-electron chi connectivity index (χ1n) is 6.28. The number of nitrogen functional groups attached to an aromatic ring is 1. The molecule has 0 radical (unpaired) electrons. The van der Waals surface area contributed by atoms with Gasteiger partial charge in [0.05, 0.1) is 16.9 Å². The summed E-state index contributed by atoms with van der Waals surface area (Å²) >= 11 is 0. The van der Waals surface area contributed by atoms with E-state index in [-0.39, 0.29) is 5.69 Å². The van der Waals surface area contributed by atoms with Gasteiger partial charge in [0, 0.05) is 11.4 Å². The number of hydrogen-bond donors (Lipinski definition) is 1. The quantitative estimate of drug-likeness (QED) is 0.855. The van der Waals surface area contributed by atoms with Crippen LogP contribution in [0.1, 0.15) is 29.4 Å². The molecule has 1 aromatic heterocycles. The number of halogens is 3. The molecule has 108 valence electrons. The van der Waals surface area contributed by atoms with Gasteiger partial charge >= 0.3 is 6.18 Å². The van der Waals surface area contributed by atoms with Crippen molar-refractivity contribution < 1.29 is 13.2 Å². The van der Waals surface area contributed by atoms with Crippen LogP contribution < -0.4 is 5.73 Å². The Bertz CT molecular complexity index is 642. The topological polar surface area (TPSA) is 43.8 Å². The third kappa shape index (κ3) is 2.37. The second-order valence-electron chi connectivity index (χ2n) is 4.68. The first-order chi connectivity index (χ1) is 9.25. The van der Waals surface area contributed by atoms with E-state index in [1.165, 1.54) is 10.7 Å². The number of alkyl halides is 3. The lowest BCUT2D eigenvalue weighted by molar-refractivity contribution is -0.136. The van der Waals surface area contributed by atoms with Crippen LogP contribution in [0.15, 0.2) is 18.2 Å². The number of nitrogens with two attached hydrogens (primary N) is 1. The zero-order valence-electron chi connectivity index (χ0n) is 11.5. The van der Waals surface area contributed by atoms with E-state index in [1.807, 2.05) is 20.8 Å². The van der Waals surface area contributed by atoms with Crippen LogP contribution >= 0.6 is 0 Å². The van der Waals surface area contributed by atoms with Crippen LogP contribution in [0.2, 0.25) is 0 Å². The Morgan fingerprint density at radius 1 is 1.25 bits per heavy atom. The maximum atomic E-state index is 12.9. The molecule has 0 spiro atoms. The van der Waals surface area contributed by atoms with Gasteiger partial charge in [-0.25, -0.2) is 4.68 Å². The largest absolute Gasteiger partial charge is 0.418 e. The number of hydrogen-bond acceptors (Lipinski definition) is 2. The molecular formula is C14H16F3N3. The summed E-state index contributed by atoms with van der Waals surface area (Å²) in [6.07, 6.45) is -3.68. The number of benzene rings is 1. The highest BCUT2D eigenvalue weighted by Gasteiger charge is 2.33. The van der Waals surface area contributed by atoms with Crippen LogP contribution in [0.25, 0.3) is 5.69 Å². The Morgan fingerprint density at radius 2 is 1.90 bits per heavy atom. The molecule has 0 bridgehead atoms. The number of nitrogens with zero attached hydrogens (tertiary/aromatic N) is 2. The van der Waals surface area contributed by atoms with E-state index < -0.39 is 11.7 Å². The zero-order valence-corrected chi connectivity index (χ0v) is 11.5. The molecule has 0 aliphatic rings. The lowest BCUT2D eigenvalue weighted by Crippen LogP contribution is -2.10. The SMILES string of the molecule is CCc1c(C)nn(-c2ccc(N)c(C(F)(F)F)c2)c1C. The van der Waals surface area contributed by atoms with Crippen molar-refractivity contribution in [3.8, 4) is 5.69 Å². The average molecular weight is 283 g/mol. The Morgan fingerprint density at radius 3 is 2.40 bits per heavy atom. The summed E-state index contributed by atoms with van der Waals surface area (Å²) < 4.78 is 40.2. The first-order valence-corrected chi connectivity index (χ1v) is 6.28. The second-order valence-corrected chi connectivity index (χ2v) is 4.68. The van der Waals surface area contributed by atoms with Crippen molar-refractivity contribution in [2.75, 3.05) is 5.73 Å². The van der Waals surface area contributed by atoms with Gasteiger partial charge in [-0.15, -0.1) is 0 Å². The molecule has 0 unspecified atom stereocenters. The molecule has 3 nitrogen and oxygen atoms in total. The minimum atomic E-state index is -4.47. The molecule has 0 saturated heterocycles. The fourth-order valence-corrected chi connectivity index (χ4v) is 2.36. The zero-order chi connectivity index (χ0) is 15.1. The average Bonchev–Trinajstić information content (AvgIpc) is 2.63. The van der Waals surface area contributed by atoms with E-state index in [9.17, 15) is 13.2 Å². The molecule has 2 aromatic rings. The van der Waals surface area contributed by atoms with E-state index in [0.29, 0.717) is 5.69 Å². The molecule has 0 saturated carbocycles. The molecule has 2 rings (SSSR count). The van der Waals surface area contributed by atoms with Crippen molar-refractivity contribution >= 4 is 5.69 Å². The van der Waals surface area contributed by atoms with Gasteiger partial charge in [0.25, 0.3) is 0 Å². The van der Waals surface area contributed by atoms with E-state index in [1.54, 1.807) is 6.07 Å². The van der Waals surface area contributed by atoms with Gasteiger partial charge in [-0.1, -0.05) is 6.92 Å². The molecule has 1 aromatic carbocycles. The molecule has 6 heteroatoms. The predicted octanol–water partition coefficient (Wildman–Crippen LogP) is 3.65. The Balaban J connectivity index is 2.60. The minimum absolute atomic E-state index is 0.279. The van der Waals surface area contributed by atoms with Crippen LogP contribution in [-0.4, -0.2) is 9.78 Å². The molecule has 0 amide bonds. The summed E-state index contributed by atoms with van der Waals surface area (Å²) in [5.74, 6) is 0. The van der Waals surface area contributed by atoms with Gasteiger partial charge in [-0.2, -0.15) is 18.3 Å². The van der Waals surface area contributed by atoms with Gasteiger partial charge < -0.3 is 5.73 Å². The molecule has 0 atom stereocenters. The lowest BCUT2D eigenvalue weighted by Gasteiger charge is -2.12. The number of aryl methyl sites for hydroxylation is 1. The minimum Gasteiger partial charge on any atom is -0.398 e. The van der Waals surface area contributed by atoms with Gasteiger partial charge in [0.2, 0.25) is 0 Å². The van der Waals surface area contributed by atoms with Crippen LogP contribution in [0, 0.1) is 13.8 Å². The summed E-state index contributed by atoms with van der Waals surface area (Å²) in [5.41, 5.74) is 7.39. The van der Waals surface area contributed by atoms with Crippen LogP contribution in [0.3, 0.4) is 0 Å². The molecule has 2 N–H and O–H groups in total. The van der Waals surface area contributed by atoms with Crippen molar-refractivity contribution in [3.63, 3.8) is 0 Å². The van der Waals surface area contributed by atoms with E-state index in [4.69, 9.17) is 5.73 Å². The van der Waals surface area contributed by atoms with Gasteiger partial charge in [0.15, 0.2) is 0 Å². The number of anilines is 1. The maximum Gasteiger partial charge on any atom is 0.418 e. The third-order valence-electron chi connectivity index (χ3n) is 3.38. The summed E-state index contributed by atoms with van der Waals surface area (Å²) in [6, 6.07) is 3.85. The summed E-state index contributed by atoms with van der Waals surface area (Å²) in [5, 5.41) is 4.31. The summed E-state index contributed by atoms with van der Waals surface area (Å²) in [4.78, 5) is 0. The van der Waals surface area contributed by atoms with Gasteiger partial charge in [-0.3, -0.25) is 0 Å². The third-order valence-corrected chi connectivity index (χ3v) is 3.38. The standard InChI is InChI=1S/C14H16F3N3/c1-4-11-8(2)19-20(9(11)3)10-5-6-13(18)12(7-10)14(15,16)17/h5-7H,4,18H2,1-3H3. The van der Waals surface area contributed by atoms with Gasteiger partial charge in [-0.05, 0) is 44.0 Å². The second kappa shape index (κ2) is 4.85. The molecule has 0 aliphatic heterocycles. The Hall–Kier alpha value is -1.98. The highest BCUT2D eigenvalue weighted by molar-refractivity contribution is 5.54. The number of rotatable bonds is 2. The van der Waals surface area contributed by atoms with Crippen LogP contribution in [0.5, 0.6) is 0 Å².